The molecule has 16 heavy (non-hydrogen) atoms. The van der Waals surface area contributed by atoms with E-state index in [1.807, 2.05) is 24.3 Å². The molecular weight excluding hydrogens is 228 g/mol. The average Bonchev–Trinajstić information content (AvgIpc) is 2.25. The van der Waals surface area contributed by atoms with Crippen molar-refractivity contribution in [3.63, 3.8) is 0 Å². The van der Waals surface area contributed by atoms with Crippen LogP contribution in [0.4, 0.5) is 0 Å². The predicted octanol–water partition coefficient (Wildman–Crippen LogP) is 1.28. The van der Waals surface area contributed by atoms with Gasteiger partial charge in [0.1, 0.15) is 6.10 Å². The minimum absolute atomic E-state index is 0.0514. The van der Waals surface area contributed by atoms with Gasteiger partial charge < -0.3 is 4.74 Å². The van der Waals surface area contributed by atoms with E-state index in [1.165, 1.54) is 5.56 Å². The zero-order valence-electron chi connectivity index (χ0n) is 9.05. The summed E-state index contributed by atoms with van der Waals surface area (Å²) >= 11 is 0. The highest BCUT2D eigenvalue weighted by atomic mass is 32.2. The molecule has 0 bridgehead atoms. The van der Waals surface area contributed by atoms with Gasteiger partial charge in [0.05, 0.1) is 19.5 Å². The minimum atomic E-state index is -3.41. The van der Waals surface area contributed by atoms with Crippen molar-refractivity contribution in [2.24, 2.45) is 0 Å². The quantitative estimate of drug-likeness (QED) is 0.749. The van der Waals surface area contributed by atoms with Gasteiger partial charge in [0.2, 0.25) is 0 Å². The third-order valence-electron chi connectivity index (χ3n) is 2.53. The van der Waals surface area contributed by atoms with E-state index in [0.29, 0.717) is 6.61 Å². The third-order valence-corrected chi connectivity index (χ3v) is 3.09. The van der Waals surface area contributed by atoms with Crippen molar-refractivity contribution in [2.75, 3.05) is 19.5 Å². The molecule has 0 saturated heterocycles. The number of hydrogen-bond donors (Lipinski definition) is 0. The summed E-state index contributed by atoms with van der Waals surface area (Å²) in [7, 11) is -3.41. The van der Waals surface area contributed by atoms with Gasteiger partial charge in [-0.25, -0.2) is 0 Å². The van der Waals surface area contributed by atoms with Gasteiger partial charge >= 0.3 is 0 Å². The summed E-state index contributed by atoms with van der Waals surface area (Å²) in [5.41, 5.74) is 2.23. The maximum atomic E-state index is 10.9. The van der Waals surface area contributed by atoms with Crippen molar-refractivity contribution >= 4 is 10.1 Å². The van der Waals surface area contributed by atoms with Crippen LogP contribution in [0.5, 0.6) is 0 Å². The number of rotatable bonds is 3. The lowest BCUT2D eigenvalue weighted by Crippen LogP contribution is -2.21. The molecule has 1 aromatic rings. The summed E-state index contributed by atoms with van der Waals surface area (Å²) < 4.78 is 32.1. The average molecular weight is 242 g/mol. The van der Waals surface area contributed by atoms with Crippen LogP contribution in [0.25, 0.3) is 0 Å². The van der Waals surface area contributed by atoms with Crippen LogP contribution in [0, 0.1) is 0 Å². The molecule has 1 unspecified atom stereocenters. The molecule has 1 aliphatic rings. The smallest absolute Gasteiger partial charge is 0.264 e. The van der Waals surface area contributed by atoms with Crippen LogP contribution in [0.2, 0.25) is 0 Å². The van der Waals surface area contributed by atoms with Crippen LogP contribution in [-0.2, 0) is 25.5 Å². The van der Waals surface area contributed by atoms with E-state index in [1.54, 1.807) is 0 Å². The normalized spacial score (nSPS) is 20.4. The summed E-state index contributed by atoms with van der Waals surface area (Å²) in [6.45, 7) is 0.657. The van der Waals surface area contributed by atoms with Gasteiger partial charge in [-0.05, 0) is 17.5 Å². The van der Waals surface area contributed by atoms with Crippen molar-refractivity contribution in [2.45, 2.75) is 12.5 Å². The Bertz CT molecular complexity index is 467. The van der Waals surface area contributed by atoms with Gasteiger partial charge in [0.25, 0.3) is 10.1 Å². The van der Waals surface area contributed by atoms with Crippen LogP contribution < -0.4 is 0 Å². The number of benzene rings is 1. The Morgan fingerprint density at radius 3 is 2.94 bits per heavy atom. The first-order chi connectivity index (χ1) is 7.56. The Balaban J connectivity index is 2.13. The van der Waals surface area contributed by atoms with Crippen LogP contribution >= 0.6 is 0 Å². The molecule has 0 aliphatic carbocycles. The van der Waals surface area contributed by atoms with E-state index in [4.69, 9.17) is 8.92 Å². The Kier molecular flexibility index (Phi) is 3.28. The van der Waals surface area contributed by atoms with Gasteiger partial charge in [0.15, 0.2) is 0 Å². The fourth-order valence-corrected chi connectivity index (χ4v) is 2.17. The SMILES string of the molecule is CS(=O)(=O)OCC1OCCc2ccccc21. The Morgan fingerprint density at radius 1 is 1.44 bits per heavy atom. The van der Waals surface area contributed by atoms with Crippen LogP contribution in [0.3, 0.4) is 0 Å². The first-order valence-electron chi connectivity index (χ1n) is 5.10. The highest BCUT2D eigenvalue weighted by Crippen LogP contribution is 2.27. The zero-order chi connectivity index (χ0) is 11.6. The molecule has 0 N–H and O–H groups in total. The molecule has 2 rings (SSSR count). The second-order valence-electron chi connectivity index (χ2n) is 3.80. The Morgan fingerprint density at radius 2 is 2.19 bits per heavy atom. The third kappa shape index (κ3) is 2.81. The van der Waals surface area contributed by atoms with Gasteiger partial charge in [-0.15, -0.1) is 0 Å². The maximum absolute atomic E-state index is 10.9. The molecule has 0 amide bonds. The molecule has 1 aromatic carbocycles. The maximum Gasteiger partial charge on any atom is 0.264 e. The van der Waals surface area contributed by atoms with Crippen molar-refractivity contribution in [3.8, 4) is 0 Å². The first kappa shape index (κ1) is 11.6. The second kappa shape index (κ2) is 4.53. The van der Waals surface area contributed by atoms with E-state index >= 15 is 0 Å². The summed E-state index contributed by atoms with van der Waals surface area (Å²) in [6, 6.07) is 7.87. The molecule has 1 atom stereocenters. The van der Waals surface area contributed by atoms with Crippen molar-refractivity contribution in [1.29, 1.82) is 0 Å². The molecule has 0 spiro atoms. The van der Waals surface area contributed by atoms with Crippen LogP contribution in [-0.4, -0.2) is 27.9 Å². The van der Waals surface area contributed by atoms with Gasteiger partial charge in [0, 0.05) is 0 Å². The predicted molar refractivity (Wildman–Crippen MR) is 59.6 cm³/mol. The van der Waals surface area contributed by atoms with Gasteiger partial charge in [-0.1, -0.05) is 24.3 Å². The lowest BCUT2D eigenvalue weighted by Gasteiger charge is -2.25. The fraction of sp³-hybridized carbons (Fsp3) is 0.455. The summed E-state index contributed by atoms with van der Waals surface area (Å²) in [4.78, 5) is 0. The molecular formula is C11H14O4S. The molecule has 5 heteroatoms. The van der Waals surface area contributed by atoms with E-state index in [2.05, 4.69) is 0 Å². The highest BCUT2D eigenvalue weighted by Gasteiger charge is 2.21. The van der Waals surface area contributed by atoms with Crippen LogP contribution in [0.15, 0.2) is 24.3 Å². The lowest BCUT2D eigenvalue weighted by molar-refractivity contribution is 0.0120. The molecule has 0 aromatic heterocycles. The second-order valence-corrected chi connectivity index (χ2v) is 5.44. The van der Waals surface area contributed by atoms with Crippen molar-refractivity contribution < 1.29 is 17.3 Å². The minimum Gasteiger partial charge on any atom is -0.371 e. The number of hydrogen-bond acceptors (Lipinski definition) is 4. The molecule has 0 fully saturated rings. The van der Waals surface area contributed by atoms with Crippen molar-refractivity contribution in [1.82, 2.24) is 0 Å². The van der Waals surface area contributed by atoms with E-state index in [-0.39, 0.29) is 12.7 Å². The lowest BCUT2D eigenvalue weighted by atomic mass is 9.98. The largest absolute Gasteiger partial charge is 0.371 e. The van der Waals surface area contributed by atoms with E-state index < -0.39 is 10.1 Å². The van der Waals surface area contributed by atoms with E-state index in [0.717, 1.165) is 18.2 Å². The first-order valence-corrected chi connectivity index (χ1v) is 6.92. The highest BCUT2D eigenvalue weighted by molar-refractivity contribution is 7.85. The molecule has 4 nitrogen and oxygen atoms in total. The molecule has 0 saturated carbocycles. The fourth-order valence-electron chi connectivity index (χ4n) is 1.80. The molecule has 1 aliphatic heterocycles. The Labute approximate surface area is 95.3 Å². The van der Waals surface area contributed by atoms with Crippen molar-refractivity contribution in [3.05, 3.63) is 35.4 Å². The standard InChI is InChI=1S/C11H14O4S/c1-16(12,13)15-8-11-10-5-3-2-4-9(10)6-7-14-11/h2-5,11H,6-8H2,1H3. The monoisotopic (exact) mass is 242 g/mol. The summed E-state index contributed by atoms with van der Waals surface area (Å²) in [5.74, 6) is 0. The van der Waals surface area contributed by atoms with E-state index in [9.17, 15) is 8.42 Å². The molecule has 0 radical (unpaired) electrons. The summed E-state index contributed by atoms with van der Waals surface area (Å²) in [5, 5.41) is 0. The van der Waals surface area contributed by atoms with Gasteiger partial charge in [-0.3, -0.25) is 4.18 Å². The topological polar surface area (TPSA) is 52.6 Å². The summed E-state index contributed by atoms with van der Waals surface area (Å²) in [6.07, 6.45) is 1.63. The molecule has 1 heterocycles. The number of ether oxygens (including phenoxy) is 1. The molecule has 88 valence electrons. The zero-order valence-corrected chi connectivity index (χ0v) is 9.87. The van der Waals surface area contributed by atoms with Crippen LogP contribution in [0.1, 0.15) is 17.2 Å². The van der Waals surface area contributed by atoms with Gasteiger partial charge in [-0.2, -0.15) is 8.42 Å². The number of fused-ring (bicyclic) bond motifs is 1. The Hall–Kier alpha value is -0.910.